The number of hydrogen-bond acceptors (Lipinski definition) is 5. The summed E-state index contributed by atoms with van der Waals surface area (Å²) >= 11 is 0. The smallest absolute Gasteiger partial charge is 0.342 e. The number of hydrogen-bond donors (Lipinski definition) is 1. The highest BCUT2D eigenvalue weighted by Crippen LogP contribution is 2.38. The molecule has 7 heteroatoms. The summed E-state index contributed by atoms with van der Waals surface area (Å²) < 4.78 is 41.2. The van der Waals surface area contributed by atoms with Crippen molar-refractivity contribution in [2.45, 2.75) is 64.7 Å². The molecule has 0 fully saturated rings. The molecule has 0 saturated carbocycles. The molecule has 0 radical (unpaired) electrons. The van der Waals surface area contributed by atoms with E-state index in [-0.39, 0.29) is 4.90 Å². The van der Waals surface area contributed by atoms with Gasteiger partial charge >= 0.3 is 5.97 Å². The normalized spacial score (nSPS) is 11.8. The first-order valence-electron chi connectivity index (χ1n) is 12.4. The highest BCUT2D eigenvalue weighted by Gasteiger charge is 2.24. The van der Waals surface area contributed by atoms with Crippen LogP contribution in [0.2, 0.25) is 0 Å². The summed E-state index contributed by atoms with van der Waals surface area (Å²) in [5, 5.41) is 1.93. The molecule has 0 unspecified atom stereocenters. The Labute approximate surface area is 212 Å². The number of nitrogens with one attached hydrogen (secondary N) is 1. The summed E-state index contributed by atoms with van der Waals surface area (Å²) in [6.07, 6.45) is 5.28. The van der Waals surface area contributed by atoms with Crippen LogP contribution in [0.5, 0.6) is 0 Å². The van der Waals surface area contributed by atoms with Gasteiger partial charge in [-0.2, -0.15) is 0 Å². The van der Waals surface area contributed by atoms with Crippen molar-refractivity contribution in [1.82, 2.24) is 0 Å². The molecule has 0 aliphatic rings. The van der Waals surface area contributed by atoms with Crippen LogP contribution in [0.3, 0.4) is 0 Å². The second-order valence-electron chi connectivity index (χ2n) is 9.30. The summed E-state index contributed by atoms with van der Waals surface area (Å²) in [7, 11) is -3.88. The summed E-state index contributed by atoms with van der Waals surface area (Å²) in [6.45, 7) is 7.86. The fourth-order valence-corrected chi connectivity index (χ4v) is 5.92. The highest BCUT2D eigenvalue weighted by atomic mass is 32.2. The minimum Gasteiger partial charge on any atom is -0.462 e. The summed E-state index contributed by atoms with van der Waals surface area (Å²) in [5.41, 5.74) is 2.75. The fourth-order valence-electron chi connectivity index (χ4n) is 4.52. The fraction of sp³-hybridized carbons (Fsp3) is 0.345. The van der Waals surface area contributed by atoms with Crippen LogP contribution in [0.1, 0.15) is 66.3 Å². The molecule has 0 spiro atoms. The molecule has 4 rings (SSSR count). The lowest BCUT2D eigenvalue weighted by Gasteiger charge is -2.14. The molecular formula is C29H33NO5S. The molecule has 0 bridgehead atoms. The standard InChI is InChI=1S/C29H33NO5S/c1-5-6-7-8-11-16-34-29(31)27-21(4)35-28-23-13-10-9-12-22(23)25(18-24(27)28)30-36(32,33)26-17-19(2)14-15-20(26)3/h9-10,12-15,17-18,30H,5-8,11,16H2,1-4H3. The zero-order valence-corrected chi connectivity index (χ0v) is 22.1. The maximum atomic E-state index is 13.4. The SMILES string of the molecule is CCCCCCCOC(=O)c1c(C)oc2c1cc(NS(=O)(=O)c1cc(C)ccc1C)c1ccccc12. The lowest BCUT2D eigenvalue weighted by atomic mass is 10.0. The van der Waals surface area contributed by atoms with Gasteiger partial charge in [0, 0.05) is 16.2 Å². The van der Waals surface area contributed by atoms with Gasteiger partial charge in [-0.3, -0.25) is 4.72 Å². The Morgan fingerprint density at radius 1 is 0.917 bits per heavy atom. The number of fused-ring (bicyclic) bond motifs is 3. The van der Waals surface area contributed by atoms with Crippen molar-refractivity contribution in [1.29, 1.82) is 0 Å². The van der Waals surface area contributed by atoms with E-state index in [1.54, 1.807) is 32.0 Å². The van der Waals surface area contributed by atoms with Crippen LogP contribution in [-0.2, 0) is 14.8 Å². The summed E-state index contributed by atoms with van der Waals surface area (Å²) in [5.74, 6) is -0.0129. The number of anilines is 1. The third kappa shape index (κ3) is 5.26. The van der Waals surface area contributed by atoms with Gasteiger partial charge in [0.1, 0.15) is 16.9 Å². The molecule has 0 aliphatic heterocycles. The molecule has 1 heterocycles. The van der Waals surface area contributed by atoms with E-state index in [0.717, 1.165) is 36.6 Å². The van der Waals surface area contributed by atoms with Crippen molar-refractivity contribution in [2.75, 3.05) is 11.3 Å². The quantitative estimate of drug-likeness (QED) is 0.178. The van der Waals surface area contributed by atoms with Crippen molar-refractivity contribution in [2.24, 2.45) is 0 Å². The van der Waals surface area contributed by atoms with Crippen LogP contribution < -0.4 is 4.72 Å². The number of rotatable bonds is 10. The zero-order chi connectivity index (χ0) is 25.9. The van der Waals surface area contributed by atoms with Crippen LogP contribution >= 0.6 is 0 Å². The van der Waals surface area contributed by atoms with Crippen LogP contribution in [0.4, 0.5) is 5.69 Å². The number of ether oxygens (including phenoxy) is 1. The van der Waals surface area contributed by atoms with Gasteiger partial charge < -0.3 is 9.15 Å². The summed E-state index contributed by atoms with van der Waals surface area (Å²) in [4.78, 5) is 13.3. The molecule has 36 heavy (non-hydrogen) atoms. The van der Waals surface area contributed by atoms with E-state index >= 15 is 0 Å². The number of aryl methyl sites for hydroxylation is 3. The van der Waals surface area contributed by atoms with E-state index in [1.807, 2.05) is 37.3 Å². The van der Waals surface area contributed by atoms with E-state index in [9.17, 15) is 13.2 Å². The monoisotopic (exact) mass is 507 g/mol. The highest BCUT2D eigenvalue weighted by molar-refractivity contribution is 7.92. The van der Waals surface area contributed by atoms with E-state index in [4.69, 9.17) is 9.15 Å². The van der Waals surface area contributed by atoms with Crippen LogP contribution in [0.15, 0.2) is 57.8 Å². The second-order valence-corrected chi connectivity index (χ2v) is 11.0. The van der Waals surface area contributed by atoms with Crippen LogP contribution in [-0.4, -0.2) is 21.0 Å². The number of carbonyl (C=O) groups is 1. The Morgan fingerprint density at radius 2 is 1.64 bits per heavy atom. The van der Waals surface area contributed by atoms with Gasteiger partial charge in [-0.15, -0.1) is 0 Å². The maximum absolute atomic E-state index is 13.4. The number of esters is 1. The minimum atomic E-state index is -3.88. The lowest BCUT2D eigenvalue weighted by Crippen LogP contribution is -2.15. The van der Waals surface area contributed by atoms with Crippen LogP contribution in [0.25, 0.3) is 21.7 Å². The van der Waals surface area contributed by atoms with E-state index in [0.29, 0.717) is 45.5 Å². The van der Waals surface area contributed by atoms with Crippen LogP contribution in [0, 0.1) is 20.8 Å². The van der Waals surface area contributed by atoms with Gasteiger partial charge in [0.25, 0.3) is 10.0 Å². The first-order valence-corrected chi connectivity index (χ1v) is 13.9. The molecule has 0 saturated heterocycles. The number of benzene rings is 3. The number of sulfonamides is 1. The van der Waals surface area contributed by atoms with E-state index in [2.05, 4.69) is 11.6 Å². The molecule has 3 aromatic carbocycles. The zero-order valence-electron chi connectivity index (χ0n) is 21.3. The average molecular weight is 508 g/mol. The molecule has 4 aromatic rings. The van der Waals surface area contributed by atoms with Crippen molar-refractivity contribution < 1.29 is 22.4 Å². The van der Waals surface area contributed by atoms with Crippen molar-refractivity contribution in [3.05, 3.63) is 71.0 Å². The van der Waals surface area contributed by atoms with Gasteiger partial charge in [0.15, 0.2) is 0 Å². The summed E-state index contributed by atoms with van der Waals surface area (Å²) in [6, 6.07) is 14.4. The van der Waals surface area contributed by atoms with Crippen molar-refractivity contribution >= 4 is 43.4 Å². The Hall–Kier alpha value is -3.32. The van der Waals surface area contributed by atoms with Gasteiger partial charge in [-0.25, -0.2) is 13.2 Å². The van der Waals surface area contributed by atoms with Gasteiger partial charge in [0.05, 0.1) is 17.2 Å². The molecular weight excluding hydrogens is 474 g/mol. The van der Waals surface area contributed by atoms with Gasteiger partial charge in [0.2, 0.25) is 0 Å². The third-order valence-corrected chi connectivity index (χ3v) is 7.94. The van der Waals surface area contributed by atoms with Crippen molar-refractivity contribution in [3.8, 4) is 0 Å². The molecule has 0 amide bonds. The molecule has 190 valence electrons. The van der Waals surface area contributed by atoms with Crippen molar-refractivity contribution in [3.63, 3.8) is 0 Å². The second kappa shape index (κ2) is 10.7. The van der Waals surface area contributed by atoms with E-state index < -0.39 is 16.0 Å². The van der Waals surface area contributed by atoms with Gasteiger partial charge in [-0.1, -0.05) is 69.0 Å². The predicted molar refractivity (Wildman–Crippen MR) is 144 cm³/mol. The third-order valence-electron chi connectivity index (χ3n) is 6.43. The van der Waals surface area contributed by atoms with E-state index in [1.165, 1.54) is 6.42 Å². The number of carbonyl (C=O) groups excluding carboxylic acids is 1. The van der Waals surface area contributed by atoms with Gasteiger partial charge in [-0.05, 0) is 50.5 Å². The maximum Gasteiger partial charge on any atom is 0.342 e. The molecule has 0 aliphatic carbocycles. The Bertz CT molecular complexity index is 1520. The largest absolute Gasteiger partial charge is 0.462 e. The lowest BCUT2D eigenvalue weighted by molar-refractivity contribution is 0.0497. The molecule has 1 aromatic heterocycles. The Morgan fingerprint density at radius 3 is 2.39 bits per heavy atom. The first kappa shape index (κ1) is 25.8. The average Bonchev–Trinajstić information content (AvgIpc) is 3.18. The minimum absolute atomic E-state index is 0.220. The molecule has 6 nitrogen and oxygen atoms in total. The topological polar surface area (TPSA) is 85.6 Å². The number of furan rings is 1. The number of unbranched alkanes of at least 4 members (excludes halogenated alkanes) is 4. The Balaban J connectivity index is 1.73. The first-order chi connectivity index (χ1) is 17.2. The Kier molecular flexibility index (Phi) is 7.69. The predicted octanol–water partition coefficient (Wildman–Crippen LogP) is 7.44. The molecule has 0 atom stereocenters. The molecule has 1 N–H and O–H groups in total.